The van der Waals surface area contributed by atoms with Gasteiger partial charge in [-0.3, -0.25) is 0 Å². The van der Waals surface area contributed by atoms with E-state index in [2.05, 4.69) is 20.7 Å². The van der Waals surface area contributed by atoms with Crippen LogP contribution in [0.3, 0.4) is 0 Å². The molecule has 3 aromatic rings. The Bertz CT molecular complexity index is 957. The van der Waals surface area contributed by atoms with E-state index in [0.29, 0.717) is 13.0 Å². The molecule has 10 heteroatoms. The second-order valence-corrected chi connectivity index (χ2v) is 6.05. The van der Waals surface area contributed by atoms with Crippen molar-refractivity contribution in [2.75, 3.05) is 19.0 Å². The van der Waals surface area contributed by atoms with E-state index in [-0.39, 0.29) is 11.4 Å². The molecule has 29 heavy (non-hydrogen) atoms. The maximum absolute atomic E-state index is 13.4. The lowest BCUT2D eigenvalue weighted by atomic mass is 10.1. The lowest BCUT2D eigenvalue weighted by Gasteiger charge is -2.15. The van der Waals surface area contributed by atoms with Crippen molar-refractivity contribution in [1.29, 1.82) is 0 Å². The summed E-state index contributed by atoms with van der Waals surface area (Å²) in [6, 6.07) is 10.2. The van der Waals surface area contributed by atoms with Gasteiger partial charge in [0, 0.05) is 12.2 Å². The van der Waals surface area contributed by atoms with Gasteiger partial charge in [0.25, 0.3) is 0 Å². The van der Waals surface area contributed by atoms with E-state index in [1.54, 1.807) is 7.11 Å². The van der Waals surface area contributed by atoms with Crippen molar-refractivity contribution < 1.29 is 22.7 Å². The van der Waals surface area contributed by atoms with Crippen LogP contribution in [0.4, 0.5) is 23.7 Å². The van der Waals surface area contributed by atoms with Crippen LogP contribution in [-0.2, 0) is 12.6 Å². The number of nitrogens with one attached hydrogen (secondary N) is 2. The minimum absolute atomic E-state index is 0.0168. The van der Waals surface area contributed by atoms with Crippen LogP contribution >= 0.6 is 0 Å². The molecule has 1 heterocycles. The van der Waals surface area contributed by atoms with Gasteiger partial charge in [-0.2, -0.15) is 18.3 Å². The zero-order valence-corrected chi connectivity index (χ0v) is 15.4. The predicted molar refractivity (Wildman–Crippen MR) is 100 cm³/mol. The third-order valence-corrected chi connectivity index (χ3v) is 4.08. The van der Waals surface area contributed by atoms with E-state index in [9.17, 15) is 18.0 Å². The molecule has 1 aromatic heterocycles. The summed E-state index contributed by atoms with van der Waals surface area (Å²) < 4.78 is 46.3. The number of amides is 2. The van der Waals surface area contributed by atoms with Crippen LogP contribution in [0.1, 0.15) is 11.1 Å². The Morgan fingerprint density at radius 1 is 1.17 bits per heavy atom. The molecule has 2 amide bonds. The second-order valence-electron chi connectivity index (χ2n) is 6.05. The van der Waals surface area contributed by atoms with Crippen LogP contribution in [-0.4, -0.2) is 34.5 Å². The number of aromatic nitrogens is 3. The third kappa shape index (κ3) is 5.24. The predicted octanol–water partition coefficient (Wildman–Crippen LogP) is 3.66. The summed E-state index contributed by atoms with van der Waals surface area (Å²) >= 11 is 0. The van der Waals surface area contributed by atoms with Crippen LogP contribution in [0.15, 0.2) is 55.1 Å². The monoisotopic (exact) mass is 405 g/mol. The molecule has 2 aromatic carbocycles. The van der Waals surface area contributed by atoms with Crippen molar-refractivity contribution in [3.8, 4) is 11.4 Å². The van der Waals surface area contributed by atoms with Crippen molar-refractivity contribution >= 4 is 11.7 Å². The molecule has 0 bridgehead atoms. The number of hydrogen-bond donors (Lipinski definition) is 2. The number of carbonyl (C=O) groups excluding carboxylic acids is 1. The minimum atomic E-state index is -4.62. The molecule has 0 unspecified atom stereocenters. The molecule has 2 N–H and O–H groups in total. The zero-order chi connectivity index (χ0) is 20.9. The summed E-state index contributed by atoms with van der Waals surface area (Å²) in [5.41, 5.74) is -0.106. The average Bonchev–Trinajstić information content (AvgIpc) is 3.22. The fraction of sp³-hybridized carbons (Fsp3) is 0.211. The molecule has 0 aliphatic rings. The SMILES string of the molecule is COc1ccc(CCNC(=O)Nc2ccc(-n3cncn3)c(C(F)(F)F)c2)cc1. The van der Waals surface area contributed by atoms with E-state index >= 15 is 0 Å². The number of benzene rings is 2. The summed E-state index contributed by atoms with van der Waals surface area (Å²) in [5, 5.41) is 8.76. The molecule has 0 aliphatic heterocycles. The molecule has 0 aliphatic carbocycles. The molecular weight excluding hydrogens is 387 g/mol. The Labute approximate surface area is 164 Å². The van der Waals surface area contributed by atoms with Crippen LogP contribution in [0.5, 0.6) is 5.75 Å². The molecule has 0 saturated carbocycles. The first-order valence-electron chi connectivity index (χ1n) is 8.61. The van der Waals surface area contributed by atoms with E-state index in [1.165, 1.54) is 18.5 Å². The first kappa shape index (κ1) is 20.2. The number of methoxy groups -OCH3 is 1. The number of anilines is 1. The summed E-state index contributed by atoms with van der Waals surface area (Å²) in [6.45, 7) is 0.321. The molecule has 7 nitrogen and oxygen atoms in total. The van der Waals surface area contributed by atoms with Gasteiger partial charge in [0.15, 0.2) is 0 Å². The first-order valence-corrected chi connectivity index (χ1v) is 8.61. The van der Waals surface area contributed by atoms with Gasteiger partial charge < -0.3 is 15.4 Å². The third-order valence-electron chi connectivity index (χ3n) is 4.08. The number of hydrogen-bond acceptors (Lipinski definition) is 4. The van der Waals surface area contributed by atoms with E-state index < -0.39 is 17.8 Å². The lowest BCUT2D eigenvalue weighted by molar-refractivity contribution is -0.137. The highest BCUT2D eigenvalue weighted by Crippen LogP contribution is 2.35. The number of nitrogens with zero attached hydrogens (tertiary/aromatic N) is 3. The second kappa shape index (κ2) is 8.63. The smallest absolute Gasteiger partial charge is 0.418 e. The van der Waals surface area contributed by atoms with Gasteiger partial charge in [0.05, 0.1) is 18.4 Å². The van der Waals surface area contributed by atoms with Crippen molar-refractivity contribution in [1.82, 2.24) is 20.1 Å². The van der Waals surface area contributed by atoms with Gasteiger partial charge in [-0.25, -0.2) is 14.5 Å². The van der Waals surface area contributed by atoms with Crippen molar-refractivity contribution in [3.05, 3.63) is 66.2 Å². The molecule has 0 fully saturated rings. The molecule has 0 radical (unpaired) electrons. The van der Waals surface area contributed by atoms with Gasteiger partial charge in [0.2, 0.25) is 0 Å². The Balaban J connectivity index is 1.62. The largest absolute Gasteiger partial charge is 0.497 e. The van der Waals surface area contributed by atoms with Crippen LogP contribution in [0.25, 0.3) is 5.69 Å². The van der Waals surface area contributed by atoms with E-state index in [1.807, 2.05) is 24.3 Å². The highest BCUT2D eigenvalue weighted by Gasteiger charge is 2.34. The average molecular weight is 405 g/mol. The summed E-state index contributed by atoms with van der Waals surface area (Å²) in [4.78, 5) is 15.7. The van der Waals surface area contributed by atoms with Crippen molar-refractivity contribution in [2.45, 2.75) is 12.6 Å². The van der Waals surface area contributed by atoms with Gasteiger partial charge in [-0.1, -0.05) is 12.1 Å². The van der Waals surface area contributed by atoms with Gasteiger partial charge in [-0.15, -0.1) is 0 Å². The maximum Gasteiger partial charge on any atom is 0.418 e. The van der Waals surface area contributed by atoms with E-state index in [0.717, 1.165) is 28.4 Å². The maximum atomic E-state index is 13.4. The van der Waals surface area contributed by atoms with Crippen LogP contribution in [0.2, 0.25) is 0 Å². The number of halogens is 3. The Morgan fingerprint density at radius 3 is 2.55 bits per heavy atom. The summed E-state index contributed by atoms with van der Waals surface area (Å²) in [6.07, 6.45) is -1.74. The topological polar surface area (TPSA) is 81.1 Å². The lowest BCUT2D eigenvalue weighted by Crippen LogP contribution is -2.30. The fourth-order valence-electron chi connectivity index (χ4n) is 2.66. The Kier molecular flexibility index (Phi) is 6.01. The molecule has 0 atom stereocenters. The molecule has 0 saturated heterocycles. The zero-order valence-electron chi connectivity index (χ0n) is 15.4. The van der Waals surface area contributed by atoms with Gasteiger partial charge >= 0.3 is 12.2 Å². The minimum Gasteiger partial charge on any atom is -0.497 e. The molecule has 152 valence electrons. The Hall–Kier alpha value is -3.56. The van der Waals surface area contributed by atoms with Gasteiger partial charge in [0.1, 0.15) is 18.4 Å². The molecule has 0 spiro atoms. The number of urea groups is 1. The van der Waals surface area contributed by atoms with Gasteiger partial charge in [-0.05, 0) is 42.3 Å². The molecular formula is C19H18F3N5O2. The number of alkyl halides is 3. The molecule has 3 rings (SSSR count). The van der Waals surface area contributed by atoms with Crippen molar-refractivity contribution in [3.63, 3.8) is 0 Å². The number of rotatable bonds is 6. The van der Waals surface area contributed by atoms with E-state index in [4.69, 9.17) is 4.74 Å². The fourth-order valence-corrected chi connectivity index (χ4v) is 2.66. The summed E-state index contributed by atoms with van der Waals surface area (Å²) in [5.74, 6) is 0.731. The highest BCUT2D eigenvalue weighted by molar-refractivity contribution is 5.89. The van der Waals surface area contributed by atoms with Crippen LogP contribution in [0, 0.1) is 0 Å². The highest BCUT2D eigenvalue weighted by atomic mass is 19.4. The quantitative estimate of drug-likeness (QED) is 0.656. The summed E-state index contributed by atoms with van der Waals surface area (Å²) in [7, 11) is 1.57. The Morgan fingerprint density at radius 2 is 1.93 bits per heavy atom. The van der Waals surface area contributed by atoms with Crippen LogP contribution < -0.4 is 15.4 Å². The number of carbonyl (C=O) groups is 1. The number of ether oxygens (including phenoxy) is 1. The van der Waals surface area contributed by atoms with Crippen molar-refractivity contribution in [2.24, 2.45) is 0 Å². The normalized spacial score (nSPS) is 11.2. The standard InChI is InChI=1S/C19H18F3N5O2/c1-29-15-5-2-13(3-6-15)8-9-24-18(28)26-14-4-7-17(27-12-23-11-25-27)16(10-14)19(20,21)22/h2-7,10-12H,8-9H2,1H3,(H2,24,26,28). The first-order chi connectivity index (χ1) is 13.9.